The lowest BCUT2D eigenvalue weighted by Gasteiger charge is -2.22. The van der Waals surface area contributed by atoms with Gasteiger partial charge in [-0.2, -0.15) is 5.10 Å². The van der Waals surface area contributed by atoms with Crippen molar-refractivity contribution in [3.63, 3.8) is 0 Å². The third-order valence-corrected chi connectivity index (χ3v) is 6.19. The van der Waals surface area contributed by atoms with Gasteiger partial charge in [-0.1, -0.05) is 18.9 Å². The molecule has 2 amide bonds. The molecule has 0 aromatic carbocycles. The van der Waals surface area contributed by atoms with Crippen molar-refractivity contribution in [1.82, 2.24) is 39.6 Å². The molecule has 4 aromatic rings. The van der Waals surface area contributed by atoms with Gasteiger partial charge in [-0.15, -0.1) is 10.2 Å². The van der Waals surface area contributed by atoms with E-state index in [1.54, 1.807) is 46.9 Å². The number of nitrogens with zero attached hydrogens (tertiary/aromatic N) is 7. The van der Waals surface area contributed by atoms with Gasteiger partial charge in [-0.25, -0.2) is 9.67 Å². The highest BCUT2D eigenvalue weighted by Crippen LogP contribution is 2.31. The van der Waals surface area contributed by atoms with Gasteiger partial charge in [0.1, 0.15) is 12.0 Å². The summed E-state index contributed by atoms with van der Waals surface area (Å²) >= 11 is 0. The maximum atomic E-state index is 13.0. The van der Waals surface area contributed by atoms with Crippen LogP contribution >= 0.6 is 0 Å². The van der Waals surface area contributed by atoms with E-state index in [-0.39, 0.29) is 17.9 Å². The van der Waals surface area contributed by atoms with Crippen molar-refractivity contribution in [2.45, 2.75) is 44.7 Å². The minimum Gasteiger partial charge on any atom is -0.347 e. The van der Waals surface area contributed by atoms with Crippen LogP contribution in [0.25, 0.3) is 16.7 Å². The van der Waals surface area contributed by atoms with Crippen LogP contribution in [-0.2, 0) is 0 Å². The normalized spacial score (nSPS) is 15.2. The fraction of sp³-hybridized carbons (Fsp3) is 0.391. The molecule has 10 heteroatoms. The van der Waals surface area contributed by atoms with E-state index in [4.69, 9.17) is 0 Å². The van der Waals surface area contributed by atoms with E-state index in [0.717, 1.165) is 23.9 Å². The van der Waals surface area contributed by atoms with E-state index >= 15 is 0 Å². The number of carbonyl (C=O) groups is 2. The molecule has 4 heterocycles. The predicted octanol–water partition coefficient (Wildman–Crippen LogP) is 2.48. The highest BCUT2D eigenvalue weighted by Gasteiger charge is 2.22. The molecule has 1 atom stereocenters. The van der Waals surface area contributed by atoms with Gasteiger partial charge in [-0.3, -0.25) is 14.0 Å². The maximum Gasteiger partial charge on any atom is 0.268 e. The molecule has 33 heavy (non-hydrogen) atoms. The lowest BCUT2D eigenvalue weighted by Crippen LogP contribution is -2.43. The first kappa shape index (κ1) is 21.0. The summed E-state index contributed by atoms with van der Waals surface area (Å²) in [5, 5.41) is 16.1. The van der Waals surface area contributed by atoms with Crippen molar-refractivity contribution in [3.05, 3.63) is 54.2 Å². The van der Waals surface area contributed by atoms with Crippen molar-refractivity contribution >= 4 is 28.5 Å². The summed E-state index contributed by atoms with van der Waals surface area (Å²) in [6.45, 7) is 2.21. The SMILES string of the molecule is C[C@@H](CN(C)C(=O)c1cnc2c(cnn2C2CCCC2)c1)NC(=O)c1cccc2nncn12. The molecule has 1 aliphatic carbocycles. The van der Waals surface area contributed by atoms with Gasteiger partial charge < -0.3 is 10.2 Å². The third-order valence-electron chi connectivity index (χ3n) is 6.19. The highest BCUT2D eigenvalue weighted by atomic mass is 16.2. The zero-order chi connectivity index (χ0) is 22.9. The lowest BCUT2D eigenvalue weighted by molar-refractivity contribution is 0.0768. The molecule has 0 saturated heterocycles. The quantitative estimate of drug-likeness (QED) is 0.487. The number of rotatable bonds is 6. The Bertz CT molecular complexity index is 1320. The molecular formula is C23H26N8O2. The Balaban J connectivity index is 1.25. The van der Waals surface area contributed by atoms with Crippen LogP contribution in [0.3, 0.4) is 0 Å². The van der Waals surface area contributed by atoms with Gasteiger partial charge in [0.25, 0.3) is 11.8 Å². The largest absolute Gasteiger partial charge is 0.347 e. The summed E-state index contributed by atoms with van der Waals surface area (Å²) in [4.78, 5) is 31.9. The minimum atomic E-state index is -0.264. The summed E-state index contributed by atoms with van der Waals surface area (Å²) in [7, 11) is 1.72. The number of nitrogens with one attached hydrogen (secondary N) is 1. The summed E-state index contributed by atoms with van der Waals surface area (Å²) in [5.74, 6) is -0.406. The van der Waals surface area contributed by atoms with E-state index < -0.39 is 0 Å². The van der Waals surface area contributed by atoms with Gasteiger partial charge >= 0.3 is 0 Å². The first-order valence-corrected chi connectivity index (χ1v) is 11.2. The van der Waals surface area contributed by atoms with Crippen molar-refractivity contribution in [2.24, 2.45) is 0 Å². The molecule has 0 bridgehead atoms. The Labute approximate surface area is 190 Å². The van der Waals surface area contributed by atoms with Gasteiger partial charge in [0.05, 0.1) is 17.8 Å². The van der Waals surface area contributed by atoms with Gasteiger partial charge in [0, 0.05) is 31.2 Å². The number of amides is 2. The maximum absolute atomic E-state index is 13.0. The Kier molecular flexibility index (Phi) is 5.49. The predicted molar refractivity (Wildman–Crippen MR) is 122 cm³/mol. The van der Waals surface area contributed by atoms with E-state index in [1.165, 1.54) is 19.2 Å². The van der Waals surface area contributed by atoms with Crippen LogP contribution in [0.1, 0.15) is 59.5 Å². The second kappa shape index (κ2) is 8.61. The van der Waals surface area contributed by atoms with Crippen molar-refractivity contribution < 1.29 is 9.59 Å². The number of aromatic nitrogens is 6. The summed E-state index contributed by atoms with van der Waals surface area (Å²) in [6, 6.07) is 7.22. The number of fused-ring (bicyclic) bond motifs is 2. The molecular weight excluding hydrogens is 420 g/mol. The molecule has 1 N–H and O–H groups in total. The van der Waals surface area contributed by atoms with Crippen LogP contribution in [0, 0.1) is 0 Å². The lowest BCUT2D eigenvalue weighted by atomic mass is 10.2. The topological polar surface area (TPSA) is 110 Å². The van der Waals surface area contributed by atoms with E-state index in [1.807, 2.05) is 17.7 Å². The molecule has 0 aliphatic heterocycles. The Morgan fingerprint density at radius 1 is 1.24 bits per heavy atom. The summed E-state index contributed by atoms with van der Waals surface area (Å²) in [5.41, 5.74) is 2.36. The summed E-state index contributed by atoms with van der Waals surface area (Å²) in [6.07, 6.45) is 9.58. The zero-order valence-corrected chi connectivity index (χ0v) is 18.7. The smallest absolute Gasteiger partial charge is 0.268 e. The Morgan fingerprint density at radius 3 is 2.88 bits per heavy atom. The fourth-order valence-electron chi connectivity index (χ4n) is 4.56. The molecule has 1 aliphatic rings. The number of pyridine rings is 2. The van der Waals surface area contributed by atoms with Crippen LogP contribution in [0.5, 0.6) is 0 Å². The van der Waals surface area contributed by atoms with E-state index in [2.05, 4.69) is 25.6 Å². The van der Waals surface area contributed by atoms with Gasteiger partial charge in [0.2, 0.25) is 0 Å². The number of likely N-dealkylation sites (N-methyl/N-ethyl adjacent to an activating group) is 1. The number of carbonyl (C=O) groups excluding carboxylic acids is 2. The molecule has 0 radical (unpaired) electrons. The number of hydrogen-bond donors (Lipinski definition) is 1. The van der Waals surface area contributed by atoms with Gasteiger partial charge in [-0.05, 0) is 38.0 Å². The fourth-order valence-corrected chi connectivity index (χ4v) is 4.56. The third kappa shape index (κ3) is 4.04. The van der Waals surface area contributed by atoms with Crippen LogP contribution in [0.2, 0.25) is 0 Å². The molecule has 170 valence electrons. The molecule has 5 rings (SSSR count). The molecule has 1 saturated carbocycles. The highest BCUT2D eigenvalue weighted by molar-refractivity contribution is 5.97. The second-order valence-electron chi connectivity index (χ2n) is 8.69. The van der Waals surface area contributed by atoms with Crippen LogP contribution in [0.15, 0.2) is 43.0 Å². The average molecular weight is 447 g/mol. The monoisotopic (exact) mass is 446 g/mol. The standard InChI is InChI=1S/C23H26N8O2/c1-15(27-22(32)19-8-5-9-20-28-25-14-30(19)20)13-29(2)23(33)17-10-16-12-26-31(21(16)24-11-17)18-6-3-4-7-18/h5,8-12,14-15,18H,3-4,6-7,13H2,1-2H3,(H,27,32)/t15-/m0/s1. The van der Waals surface area contributed by atoms with Crippen LogP contribution in [0.4, 0.5) is 0 Å². The van der Waals surface area contributed by atoms with E-state index in [0.29, 0.717) is 29.5 Å². The first-order valence-electron chi connectivity index (χ1n) is 11.2. The van der Waals surface area contributed by atoms with Crippen LogP contribution in [-0.4, -0.2) is 65.7 Å². The molecule has 0 spiro atoms. The number of hydrogen-bond acceptors (Lipinski definition) is 6. The molecule has 4 aromatic heterocycles. The van der Waals surface area contributed by atoms with Crippen molar-refractivity contribution in [2.75, 3.05) is 13.6 Å². The van der Waals surface area contributed by atoms with Gasteiger partial charge in [0.15, 0.2) is 11.3 Å². The Morgan fingerprint density at radius 2 is 2.06 bits per heavy atom. The zero-order valence-electron chi connectivity index (χ0n) is 18.7. The summed E-state index contributed by atoms with van der Waals surface area (Å²) < 4.78 is 3.62. The second-order valence-corrected chi connectivity index (χ2v) is 8.69. The molecule has 0 unspecified atom stereocenters. The molecule has 10 nitrogen and oxygen atoms in total. The minimum absolute atomic E-state index is 0.153. The van der Waals surface area contributed by atoms with Crippen molar-refractivity contribution in [1.29, 1.82) is 0 Å². The average Bonchev–Trinajstić information content (AvgIpc) is 3.57. The van der Waals surface area contributed by atoms with Crippen LogP contribution < -0.4 is 5.32 Å². The Hall–Kier alpha value is -3.82. The van der Waals surface area contributed by atoms with Crippen molar-refractivity contribution in [3.8, 4) is 0 Å². The molecule has 1 fully saturated rings. The van der Waals surface area contributed by atoms with E-state index in [9.17, 15) is 9.59 Å². The first-order chi connectivity index (χ1) is 16.0.